The van der Waals surface area contributed by atoms with Crippen molar-refractivity contribution in [1.29, 1.82) is 0 Å². The van der Waals surface area contributed by atoms with Crippen LogP contribution in [0.15, 0.2) is 18.2 Å². The predicted octanol–water partition coefficient (Wildman–Crippen LogP) is 1.73. The van der Waals surface area contributed by atoms with Crippen LogP contribution >= 0.6 is 0 Å². The van der Waals surface area contributed by atoms with Gasteiger partial charge in [-0.2, -0.15) is 0 Å². The summed E-state index contributed by atoms with van der Waals surface area (Å²) in [5.74, 6) is 0.433. The molecule has 2 amide bonds. The zero-order valence-corrected chi connectivity index (χ0v) is 12.4. The summed E-state index contributed by atoms with van der Waals surface area (Å²) in [5.41, 5.74) is 1.37. The lowest BCUT2D eigenvalue weighted by Crippen LogP contribution is -2.37. The second kappa shape index (κ2) is 6.97. The van der Waals surface area contributed by atoms with E-state index >= 15 is 0 Å². The molecule has 6 heteroatoms. The van der Waals surface area contributed by atoms with Crippen molar-refractivity contribution in [3.05, 3.63) is 18.2 Å². The molecular weight excluding hydrogens is 270 g/mol. The SMILES string of the molecule is COc1ccc(N[C@H]2CCCCNC2=O)cc1NC(C)=O. The first kappa shape index (κ1) is 15.2. The van der Waals surface area contributed by atoms with Gasteiger partial charge in [-0.25, -0.2) is 0 Å². The highest BCUT2D eigenvalue weighted by atomic mass is 16.5. The Morgan fingerprint density at radius 2 is 2.19 bits per heavy atom. The van der Waals surface area contributed by atoms with Crippen molar-refractivity contribution < 1.29 is 14.3 Å². The Balaban J connectivity index is 2.15. The Bertz CT molecular complexity index is 531. The number of hydrogen-bond acceptors (Lipinski definition) is 4. The summed E-state index contributed by atoms with van der Waals surface area (Å²) in [7, 11) is 1.55. The van der Waals surface area contributed by atoms with Crippen LogP contribution in [0.4, 0.5) is 11.4 Å². The van der Waals surface area contributed by atoms with Gasteiger partial charge >= 0.3 is 0 Å². The number of carbonyl (C=O) groups excluding carboxylic acids is 2. The molecule has 0 unspecified atom stereocenters. The first-order valence-electron chi connectivity index (χ1n) is 7.10. The molecule has 0 aliphatic carbocycles. The lowest BCUT2D eigenvalue weighted by Gasteiger charge is -2.18. The first-order chi connectivity index (χ1) is 10.1. The van der Waals surface area contributed by atoms with E-state index in [1.54, 1.807) is 19.2 Å². The average Bonchev–Trinajstić information content (AvgIpc) is 2.64. The highest BCUT2D eigenvalue weighted by Crippen LogP contribution is 2.28. The molecule has 21 heavy (non-hydrogen) atoms. The van der Waals surface area contributed by atoms with Gasteiger partial charge in [-0.1, -0.05) is 0 Å². The normalized spacial score (nSPS) is 18.4. The van der Waals surface area contributed by atoms with Crippen LogP contribution in [0, 0.1) is 0 Å². The summed E-state index contributed by atoms with van der Waals surface area (Å²) in [6.45, 7) is 2.18. The van der Waals surface area contributed by atoms with E-state index in [0.717, 1.165) is 31.5 Å². The maximum atomic E-state index is 11.9. The lowest BCUT2D eigenvalue weighted by atomic mass is 10.1. The standard InChI is InChI=1S/C15H21N3O3/c1-10(19)17-13-9-11(6-7-14(13)21-2)18-12-5-3-4-8-16-15(12)20/h6-7,9,12,18H,3-5,8H2,1-2H3,(H,16,20)(H,17,19)/t12-/m0/s1. The van der Waals surface area contributed by atoms with Gasteiger partial charge in [0, 0.05) is 19.2 Å². The van der Waals surface area contributed by atoms with Gasteiger partial charge in [-0.05, 0) is 37.5 Å². The van der Waals surface area contributed by atoms with Crippen LogP contribution in [-0.4, -0.2) is 31.5 Å². The van der Waals surface area contributed by atoms with Crippen molar-refractivity contribution in [1.82, 2.24) is 5.32 Å². The van der Waals surface area contributed by atoms with E-state index in [9.17, 15) is 9.59 Å². The van der Waals surface area contributed by atoms with E-state index in [2.05, 4.69) is 16.0 Å². The Morgan fingerprint density at radius 1 is 1.38 bits per heavy atom. The Morgan fingerprint density at radius 3 is 2.90 bits per heavy atom. The van der Waals surface area contributed by atoms with Gasteiger partial charge in [0.15, 0.2) is 0 Å². The highest BCUT2D eigenvalue weighted by molar-refractivity contribution is 5.91. The maximum absolute atomic E-state index is 11.9. The molecule has 114 valence electrons. The Labute approximate surface area is 124 Å². The molecule has 1 saturated heterocycles. The molecule has 1 aromatic rings. The lowest BCUT2D eigenvalue weighted by molar-refractivity contribution is -0.121. The first-order valence-corrected chi connectivity index (χ1v) is 7.10. The molecule has 0 radical (unpaired) electrons. The molecule has 3 N–H and O–H groups in total. The summed E-state index contributed by atoms with van der Waals surface area (Å²) in [5, 5.41) is 8.83. The third kappa shape index (κ3) is 4.11. The molecule has 2 rings (SSSR count). The molecule has 0 bridgehead atoms. The van der Waals surface area contributed by atoms with Crippen LogP contribution in [0.5, 0.6) is 5.75 Å². The molecule has 1 fully saturated rings. The molecule has 1 atom stereocenters. The quantitative estimate of drug-likeness (QED) is 0.789. The number of carbonyl (C=O) groups is 2. The zero-order chi connectivity index (χ0) is 15.2. The number of benzene rings is 1. The summed E-state index contributed by atoms with van der Waals surface area (Å²) in [6.07, 6.45) is 2.81. The molecule has 0 aromatic heterocycles. The van der Waals surface area contributed by atoms with Gasteiger partial charge in [0.05, 0.1) is 12.8 Å². The second-order valence-electron chi connectivity index (χ2n) is 5.08. The molecule has 6 nitrogen and oxygen atoms in total. The van der Waals surface area contributed by atoms with Gasteiger partial charge in [0.2, 0.25) is 11.8 Å². The smallest absolute Gasteiger partial charge is 0.242 e. The number of rotatable bonds is 4. The van der Waals surface area contributed by atoms with Crippen molar-refractivity contribution in [3.63, 3.8) is 0 Å². The second-order valence-corrected chi connectivity index (χ2v) is 5.08. The van der Waals surface area contributed by atoms with Crippen LogP contribution < -0.4 is 20.7 Å². The van der Waals surface area contributed by atoms with Gasteiger partial charge in [-0.3, -0.25) is 9.59 Å². The van der Waals surface area contributed by atoms with E-state index < -0.39 is 0 Å². The largest absolute Gasteiger partial charge is 0.495 e. The molecular formula is C15H21N3O3. The summed E-state index contributed by atoms with van der Waals surface area (Å²) in [6, 6.07) is 5.13. The number of ether oxygens (including phenoxy) is 1. The van der Waals surface area contributed by atoms with Crippen molar-refractivity contribution in [3.8, 4) is 5.75 Å². The third-order valence-electron chi connectivity index (χ3n) is 3.39. The van der Waals surface area contributed by atoms with E-state index in [1.807, 2.05) is 6.07 Å². The van der Waals surface area contributed by atoms with E-state index in [0.29, 0.717) is 11.4 Å². The van der Waals surface area contributed by atoms with Crippen LogP contribution in [-0.2, 0) is 9.59 Å². The molecule has 1 aliphatic heterocycles. The Kier molecular flexibility index (Phi) is 5.03. The minimum Gasteiger partial charge on any atom is -0.495 e. The van der Waals surface area contributed by atoms with Crippen LogP contribution in [0.3, 0.4) is 0 Å². The van der Waals surface area contributed by atoms with Crippen LogP contribution in [0.1, 0.15) is 26.2 Å². The Hall–Kier alpha value is -2.24. The molecule has 0 spiro atoms. The van der Waals surface area contributed by atoms with Gasteiger partial charge in [-0.15, -0.1) is 0 Å². The van der Waals surface area contributed by atoms with E-state index in [1.165, 1.54) is 6.92 Å². The number of anilines is 2. The van der Waals surface area contributed by atoms with Gasteiger partial charge < -0.3 is 20.7 Å². The monoisotopic (exact) mass is 291 g/mol. The van der Waals surface area contributed by atoms with E-state index in [4.69, 9.17) is 4.74 Å². The van der Waals surface area contributed by atoms with Crippen molar-refractivity contribution >= 4 is 23.2 Å². The van der Waals surface area contributed by atoms with Crippen LogP contribution in [0.2, 0.25) is 0 Å². The number of hydrogen-bond donors (Lipinski definition) is 3. The summed E-state index contributed by atoms with van der Waals surface area (Å²) >= 11 is 0. The number of nitrogens with one attached hydrogen (secondary N) is 3. The minimum atomic E-state index is -0.244. The van der Waals surface area contributed by atoms with Crippen molar-refractivity contribution in [2.45, 2.75) is 32.2 Å². The van der Waals surface area contributed by atoms with Gasteiger partial charge in [0.25, 0.3) is 0 Å². The summed E-state index contributed by atoms with van der Waals surface area (Å²) in [4.78, 5) is 23.2. The number of methoxy groups -OCH3 is 1. The minimum absolute atomic E-state index is 0.0180. The van der Waals surface area contributed by atoms with Gasteiger partial charge in [0.1, 0.15) is 11.8 Å². The highest BCUT2D eigenvalue weighted by Gasteiger charge is 2.20. The fourth-order valence-corrected chi connectivity index (χ4v) is 2.36. The topological polar surface area (TPSA) is 79.5 Å². The predicted molar refractivity (Wildman–Crippen MR) is 81.6 cm³/mol. The number of amides is 2. The molecule has 0 saturated carbocycles. The van der Waals surface area contributed by atoms with Crippen LogP contribution in [0.25, 0.3) is 0 Å². The fourth-order valence-electron chi connectivity index (χ4n) is 2.36. The average molecular weight is 291 g/mol. The van der Waals surface area contributed by atoms with Crippen molar-refractivity contribution in [2.24, 2.45) is 0 Å². The summed E-state index contributed by atoms with van der Waals surface area (Å²) < 4.78 is 5.21. The fraction of sp³-hybridized carbons (Fsp3) is 0.467. The molecule has 1 heterocycles. The third-order valence-corrected chi connectivity index (χ3v) is 3.39. The van der Waals surface area contributed by atoms with Crippen molar-refractivity contribution in [2.75, 3.05) is 24.3 Å². The molecule has 1 aromatic carbocycles. The molecule has 1 aliphatic rings. The maximum Gasteiger partial charge on any atom is 0.242 e. The zero-order valence-electron chi connectivity index (χ0n) is 12.4. The van der Waals surface area contributed by atoms with E-state index in [-0.39, 0.29) is 17.9 Å².